The van der Waals surface area contributed by atoms with Crippen molar-refractivity contribution >= 4 is 0 Å². The Morgan fingerprint density at radius 2 is 1.89 bits per heavy atom. The molecule has 1 atom stereocenters. The Morgan fingerprint density at radius 3 is 2.48 bits per heavy atom. The molecule has 7 nitrogen and oxygen atoms in total. The van der Waals surface area contributed by atoms with Crippen LogP contribution < -0.4 is 10.3 Å². The van der Waals surface area contributed by atoms with E-state index in [0.29, 0.717) is 37.6 Å². The second-order valence-corrected chi connectivity index (χ2v) is 6.59. The van der Waals surface area contributed by atoms with Crippen LogP contribution >= 0.6 is 0 Å². The molecule has 0 bridgehead atoms. The SMILES string of the molecule is COc1ccc(C(c2c(O)cc(C)n(CCO)c2=O)N2CCOCC2)cc1. The summed E-state index contributed by atoms with van der Waals surface area (Å²) < 4.78 is 12.2. The van der Waals surface area contributed by atoms with Crippen molar-refractivity contribution < 1.29 is 19.7 Å². The van der Waals surface area contributed by atoms with Crippen LogP contribution in [0.15, 0.2) is 35.1 Å². The third-order valence-corrected chi connectivity index (χ3v) is 4.96. The molecule has 1 fully saturated rings. The topological polar surface area (TPSA) is 84.2 Å². The van der Waals surface area contributed by atoms with Gasteiger partial charge in [0.2, 0.25) is 0 Å². The minimum atomic E-state index is -0.405. The van der Waals surface area contributed by atoms with E-state index in [4.69, 9.17) is 9.47 Å². The van der Waals surface area contributed by atoms with Gasteiger partial charge in [-0.05, 0) is 30.7 Å². The monoisotopic (exact) mass is 374 g/mol. The fourth-order valence-corrected chi connectivity index (χ4v) is 3.59. The summed E-state index contributed by atoms with van der Waals surface area (Å²) in [5.74, 6) is 0.698. The molecule has 1 aromatic heterocycles. The van der Waals surface area contributed by atoms with Crippen molar-refractivity contribution in [2.45, 2.75) is 19.5 Å². The zero-order valence-electron chi connectivity index (χ0n) is 15.7. The third-order valence-electron chi connectivity index (χ3n) is 4.96. The van der Waals surface area contributed by atoms with E-state index in [1.165, 1.54) is 4.57 Å². The van der Waals surface area contributed by atoms with Gasteiger partial charge in [0.15, 0.2) is 0 Å². The van der Waals surface area contributed by atoms with Crippen LogP contribution in [0.4, 0.5) is 0 Å². The van der Waals surface area contributed by atoms with E-state index in [0.717, 1.165) is 11.3 Å². The van der Waals surface area contributed by atoms with Crippen molar-refractivity contribution in [2.24, 2.45) is 0 Å². The van der Waals surface area contributed by atoms with E-state index in [-0.39, 0.29) is 24.5 Å². The summed E-state index contributed by atoms with van der Waals surface area (Å²) in [6, 6.07) is 8.70. The number of ether oxygens (including phenoxy) is 2. The molecule has 2 heterocycles. The van der Waals surface area contributed by atoms with Crippen molar-refractivity contribution in [1.29, 1.82) is 0 Å². The number of morpholine rings is 1. The van der Waals surface area contributed by atoms with Gasteiger partial charge in [0.05, 0.1) is 38.5 Å². The number of hydrogen-bond donors (Lipinski definition) is 2. The molecule has 7 heteroatoms. The molecule has 1 aliphatic heterocycles. The molecule has 1 unspecified atom stereocenters. The van der Waals surface area contributed by atoms with Crippen LogP contribution in [0.3, 0.4) is 0 Å². The average molecular weight is 374 g/mol. The van der Waals surface area contributed by atoms with Gasteiger partial charge in [0.25, 0.3) is 5.56 Å². The minimum absolute atomic E-state index is 0.0287. The normalized spacial score (nSPS) is 16.3. The Balaban J connectivity index is 2.15. The number of rotatable bonds is 6. The largest absolute Gasteiger partial charge is 0.507 e. The van der Waals surface area contributed by atoms with E-state index >= 15 is 0 Å². The molecule has 1 aromatic carbocycles. The molecule has 2 N–H and O–H groups in total. The summed E-state index contributed by atoms with van der Waals surface area (Å²) in [6.07, 6.45) is 0. The number of aromatic hydroxyl groups is 1. The fraction of sp³-hybridized carbons (Fsp3) is 0.450. The Kier molecular flexibility index (Phi) is 6.15. The van der Waals surface area contributed by atoms with Crippen LogP contribution in [0.1, 0.15) is 22.9 Å². The Labute approximate surface area is 158 Å². The van der Waals surface area contributed by atoms with E-state index in [2.05, 4.69) is 4.90 Å². The number of pyridine rings is 1. The highest BCUT2D eigenvalue weighted by atomic mass is 16.5. The number of aliphatic hydroxyl groups excluding tert-OH is 1. The van der Waals surface area contributed by atoms with Gasteiger partial charge in [-0.25, -0.2) is 0 Å². The van der Waals surface area contributed by atoms with Crippen molar-refractivity contribution in [3.8, 4) is 11.5 Å². The first kappa shape index (κ1) is 19.4. The van der Waals surface area contributed by atoms with Crippen molar-refractivity contribution in [1.82, 2.24) is 9.47 Å². The Bertz CT molecular complexity index is 826. The van der Waals surface area contributed by atoms with Gasteiger partial charge < -0.3 is 24.3 Å². The number of hydrogen-bond acceptors (Lipinski definition) is 6. The molecule has 1 saturated heterocycles. The molecule has 0 saturated carbocycles. The summed E-state index contributed by atoms with van der Waals surface area (Å²) in [6.45, 7) is 4.25. The molecular weight excluding hydrogens is 348 g/mol. The van der Waals surface area contributed by atoms with Crippen molar-refractivity contribution in [3.05, 3.63) is 57.5 Å². The van der Waals surface area contributed by atoms with Gasteiger partial charge in [-0.3, -0.25) is 9.69 Å². The number of nitrogens with zero attached hydrogens (tertiary/aromatic N) is 2. The maximum absolute atomic E-state index is 13.2. The minimum Gasteiger partial charge on any atom is -0.507 e. The molecular formula is C20H26N2O5. The molecule has 2 aromatic rings. The molecule has 0 spiro atoms. The number of benzene rings is 1. The van der Waals surface area contributed by atoms with Crippen LogP contribution in [-0.4, -0.2) is 59.7 Å². The second kappa shape index (κ2) is 8.56. The van der Waals surface area contributed by atoms with Gasteiger partial charge in [-0.15, -0.1) is 0 Å². The Hall–Kier alpha value is -2.35. The molecule has 3 rings (SSSR count). The first-order chi connectivity index (χ1) is 13.1. The average Bonchev–Trinajstić information content (AvgIpc) is 2.69. The molecule has 0 amide bonds. The van der Waals surface area contributed by atoms with Crippen LogP contribution in [0.25, 0.3) is 0 Å². The standard InChI is InChI=1S/C20H26N2O5/c1-14-13-17(24)18(20(25)22(14)7-10-23)19(21-8-11-27-12-9-21)15-3-5-16(26-2)6-4-15/h3-6,13,19,23-24H,7-12H2,1-2H3. The van der Waals surface area contributed by atoms with Gasteiger partial charge in [-0.2, -0.15) is 0 Å². The van der Waals surface area contributed by atoms with Crippen LogP contribution in [0, 0.1) is 6.92 Å². The van der Waals surface area contributed by atoms with Crippen molar-refractivity contribution in [3.63, 3.8) is 0 Å². The maximum atomic E-state index is 13.2. The van der Waals surface area contributed by atoms with Crippen LogP contribution in [0.5, 0.6) is 11.5 Å². The van der Waals surface area contributed by atoms with Gasteiger partial charge in [-0.1, -0.05) is 12.1 Å². The second-order valence-electron chi connectivity index (χ2n) is 6.59. The highest BCUT2D eigenvalue weighted by molar-refractivity contribution is 5.42. The maximum Gasteiger partial charge on any atom is 0.259 e. The summed E-state index contributed by atoms with van der Waals surface area (Å²) in [4.78, 5) is 15.3. The predicted molar refractivity (Wildman–Crippen MR) is 101 cm³/mol. The molecule has 0 aliphatic carbocycles. The highest BCUT2D eigenvalue weighted by Gasteiger charge is 2.30. The smallest absolute Gasteiger partial charge is 0.259 e. The number of aryl methyl sites for hydroxylation is 1. The Morgan fingerprint density at radius 1 is 1.22 bits per heavy atom. The van der Waals surface area contributed by atoms with Crippen molar-refractivity contribution in [2.75, 3.05) is 40.0 Å². The van der Waals surface area contributed by atoms with Crippen LogP contribution in [0.2, 0.25) is 0 Å². The van der Waals surface area contributed by atoms with E-state index in [1.54, 1.807) is 20.1 Å². The van der Waals surface area contributed by atoms with E-state index in [9.17, 15) is 15.0 Å². The predicted octanol–water partition coefficient (Wildman–Crippen LogP) is 1.28. The number of methoxy groups -OCH3 is 1. The van der Waals surface area contributed by atoms with Gasteiger partial charge >= 0.3 is 0 Å². The van der Waals surface area contributed by atoms with Gasteiger partial charge in [0, 0.05) is 25.3 Å². The quantitative estimate of drug-likeness (QED) is 0.793. The molecule has 1 aliphatic rings. The molecule has 27 heavy (non-hydrogen) atoms. The lowest BCUT2D eigenvalue weighted by Crippen LogP contribution is -2.42. The highest BCUT2D eigenvalue weighted by Crippen LogP contribution is 2.33. The summed E-state index contributed by atoms with van der Waals surface area (Å²) in [5, 5.41) is 20.0. The van der Waals surface area contributed by atoms with E-state index < -0.39 is 6.04 Å². The first-order valence-corrected chi connectivity index (χ1v) is 9.06. The summed E-state index contributed by atoms with van der Waals surface area (Å²) in [5.41, 5.74) is 1.55. The number of aromatic nitrogens is 1. The molecule has 146 valence electrons. The summed E-state index contributed by atoms with van der Waals surface area (Å²) >= 11 is 0. The fourth-order valence-electron chi connectivity index (χ4n) is 3.59. The van der Waals surface area contributed by atoms with Crippen LogP contribution in [-0.2, 0) is 11.3 Å². The third kappa shape index (κ3) is 4.00. The number of aliphatic hydroxyl groups is 1. The zero-order valence-corrected chi connectivity index (χ0v) is 15.7. The van der Waals surface area contributed by atoms with Gasteiger partial charge in [0.1, 0.15) is 11.5 Å². The molecule has 0 radical (unpaired) electrons. The lowest BCUT2D eigenvalue weighted by molar-refractivity contribution is 0.0232. The first-order valence-electron chi connectivity index (χ1n) is 9.06. The summed E-state index contributed by atoms with van der Waals surface area (Å²) in [7, 11) is 1.60. The zero-order chi connectivity index (χ0) is 19.4. The van der Waals surface area contributed by atoms with E-state index in [1.807, 2.05) is 24.3 Å². The lowest BCUT2D eigenvalue weighted by atomic mass is 9.96. The lowest BCUT2D eigenvalue weighted by Gasteiger charge is -2.35.